The minimum Gasteiger partial charge on any atom is -0.497 e. The summed E-state index contributed by atoms with van der Waals surface area (Å²) in [5.74, 6) is 2.73. The number of benzene rings is 1. The maximum absolute atomic E-state index is 6.19. The summed E-state index contributed by atoms with van der Waals surface area (Å²) in [6.45, 7) is 3.13. The van der Waals surface area contributed by atoms with E-state index in [0.29, 0.717) is 6.10 Å². The van der Waals surface area contributed by atoms with Gasteiger partial charge in [-0.1, -0.05) is 6.92 Å². The molecule has 2 rings (SSSR count). The second kappa shape index (κ2) is 6.80. The smallest absolute Gasteiger partial charge is 0.124 e. The van der Waals surface area contributed by atoms with E-state index < -0.39 is 0 Å². The van der Waals surface area contributed by atoms with Crippen molar-refractivity contribution in [3.8, 4) is 11.5 Å². The van der Waals surface area contributed by atoms with Crippen LogP contribution >= 0.6 is 0 Å². The molecule has 0 aliphatic heterocycles. The van der Waals surface area contributed by atoms with E-state index in [-0.39, 0.29) is 0 Å². The van der Waals surface area contributed by atoms with Crippen LogP contribution in [0.1, 0.15) is 38.2 Å². The molecule has 1 fully saturated rings. The molecule has 3 nitrogen and oxygen atoms in total. The molecule has 0 atom stereocenters. The molecule has 1 aromatic carbocycles. The molecule has 1 aromatic rings. The van der Waals surface area contributed by atoms with Crippen LogP contribution in [0, 0.1) is 5.92 Å². The fourth-order valence-corrected chi connectivity index (χ4v) is 2.65. The van der Waals surface area contributed by atoms with Gasteiger partial charge in [0, 0.05) is 12.1 Å². The van der Waals surface area contributed by atoms with Crippen molar-refractivity contribution in [3.63, 3.8) is 0 Å². The summed E-state index contributed by atoms with van der Waals surface area (Å²) < 4.78 is 11.5. The average Bonchev–Trinajstić information content (AvgIpc) is 2.43. The highest BCUT2D eigenvalue weighted by atomic mass is 16.5. The summed E-state index contributed by atoms with van der Waals surface area (Å²) in [5.41, 5.74) is 1.17. The van der Waals surface area contributed by atoms with Crippen molar-refractivity contribution in [1.82, 2.24) is 5.32 Å². The Morgan fingerprint density at radius 1 is 1.21 bits per heavy atom. The predicted octanol–water partition coefficient (Wildman–Crippen LogP) is 3.37. The molecule has 0 aromatic heterocycles. The van der Waals surface area contributed by atoms with Crippen LogP contribution in [0.4, 0.5) is 0 Å². The molecule has 1 N–H and O–H groups in total. The Kier molecular flexibility index (Phi) is 5.08. The molecule has 0 radical (unpaired) electrons. The Morgan fingerprint density at radius 2 is 1.95 bits per heavy atom. The number of nitrogens with one attached hydrogen (secondary N) is 1. The minimum absolute atomic E-state index is 0.375. The first-order valence-electron chi connectivity index (χ1n) is 7.21. The van der Waals surface area contributed by atoms with Crippen LogP contribution in [0.3, 0.4) is 0 Å². The van der Waals surface area contributed by atoms with E-state index in [9.17, 15) is 0 Å². The van der Waals surface area contributed by atoms with Crippen LogP contribution in [-0.2, 0) is 6.54 Å². The SMILES string of the molecule is CNCc1cc(OC)ccc1OC1CCC(C)CC1. The Labute approximate surface area is 116 Å². The predicted molar refractivity (Wildman–Crippen MR) is 77.8 cm³/mol. The lowest BCUT2D eigenvalue weighted by atomic mass is 9.89. The maximum atomic E-state index is 6.19. The molecule has 106 valence electrons. The molecule has 1 aliphatic rings. The molecule has 0 heterocycles. The summed E-state index contributed by atoms with van der Waals surface area (Å²) in [7, 11) is 3.65. The van der Waals surface area contributed by atoms with Gasteiger partial charge in [0.15, 0.2) is 0 Å². The van der Waals surface area contributed by atoms with Gasteiger partial charge < -0.3 is 14.8 Å². The molecule has 19 heavy (non-hydrogen) atoms. The summed E-state index contributed by atoms with van der Waals surface area (Å²) in [6, 6.07) is 6.06. The van der Waals surface area contributed by atoms with Gasteiger partial charge in [-0.05, 0) is 56.8 Å². The topological polar surface area (TPSA) is 30.5 Å². The first-order valence-corrected chi connectivity index (χ1v) is 7.21. The van der Waals surface area contributed by atoms with E-state index in [0.717, 1.165) is 24.0 Å². The molecule has 1 aliphatic carbocycles. The highest BCUT2D eigenvalue weighted by Crippen LogP contribution is 2.30. The molecule has 3 heteroatoms. The first-order chi connectivity index (χ1) is 9.22. The molecular weight excluding hydrogens is 238 g/mol. The highest BCUT2D eigenvalue weighted by Gasteiger charge is 2.20. The normalized spacial score (nSPS) is 23.1. The second-order valence-corrected chi connectivity index (χ2v) is 5.50. The van der Waals surface area contributed by atoms with Gasteiger partial charge in [-0.2, -0.15) is 0 Å². The fourth-order valence-electron chi connectivity index (χ4n) is 2.65. The average molecular weight is 263 g/mol. The Balaban J connectivity index is 2.06. The second-order valence-electron chi connectivity index (χ2n) is 5.50. The quantitative estimate of drug-likeness (QED) is 0.883. The van der Waals surface area contributed by atoms with Crippen molar-refractivity contribution in [1.29, 1.82) is 0 Å². The van der Waals surface area contributed by atoms with E-state index in [4.69, 9.17) is 9.47 Å². The van der Waals surface area contributed by atoms with Crippen LogP contribution in [0.15, 0.2) is 18.2 Å². The lowest BCUT2D eigenvalue weighted by Crippen LogP contribution is -2.23. The Bertz CT molecular complexity index is 398. The minimum atomic E-state index is 0.375. The Hall–Kier alpha value is -1.22. The first kappa shape index (κ1) is 14.2. The number of ether oxygens (including phenoxy) is 2. The van der Waals surface area contributed by atoms with E-state index in [1.54, 1.807) is 7.11 Å². The van der Waals surface area contributed by atoms with Gasteiger partial charge in [-0.3, -0.25) is 0 Å². The molecule has 0 amide bonds. The van der Waals surface area contributed by atoms with Gasteiger partial charge in [-0.25, -0.2) is 0 Å². The zero-order chi connectivity index (χ0) is 13.7. The van der Waals surface area contributed by atoms with Crippen LogP contribution in [-0.4, -0.2) is 20.3 Å². The van der Waals surface area contributed by atoms with Crippen molar-refractivity contribution < 1.29 is 9.47 Å². The maximum Gasteiger partial charge on any atom is 0.124 e. The molecule has 0 bridgehead atoms. The van der Waals surface area contributed by atoms with Gasteiger partial charge in [0.05, 0.1) is 13.2 Å². The number of rotatable bonds is 5. The molecule has 0 spiro atoms. The third-order valence-electron chi connectivity index (χ3n) is 3.89. The molecular formula is C16H25NO2. The zero-order valence-electron chi connectivity index (χ0n) is 12.2. The summed E-state index contributed by atoms with van der Waals surface area (Å²) >= 11 is 0. The van der Waals surface area contributed by atoms with Crippen molar-refractivity contribution in [3.05, 3.63) is 23.8 Å². The van der Waals surface area contributed by atoms with E-state index in [2.05, 4.69) is 18.3 Å². The summed E-state index contributed by atoms with van der Waals surface area (Å²) in [4.78, 5) is 0. The molecule has 1 saturated carbocycles. The van der Waals surface area contributed by atoms with E-state index >= 15 is 0 Å². The van der Waals surface area contributed by atoms with Crippen LogP contribution in [0.25, 0.3) is 0 Å². The largest absolute Gasteiger partial charge is 0.497 e. The number of hydrogen-bond donors (Lipinski definition) is 1. The van der Waals surface area contributed by atoms with Crippen LogP contribution < -0.4 is 14.8 Å². The van der Waals surface area contributed by atoms with Crippen LogP contribution in [0.5, 0.6) is 11.5 Å². The zero-order valence-corrected chi connectivity index (χ0v) is 12.2. The third kappa shape index (κ3) is 3.87. The number of methoxy groups -OCH3 is 1. The summed E-state index contributed by atoms with van der Waals surface area (Å²) in [6.07, 6.45) is 5.28. The standard InChI is InChI=1S/C16H25NO2/c1-12-4-6-14(7-5-12)19-16-9-8-15(18-3)10-13(16)11-17-2/h8-10,12,14,17H,4-7,11H2,1-3H3. The van der Waals surface area contributed by atoms with Gasteiger partial charge >= 0.3 is 0 Å². The van der Waals surface area contributed by atoms with Gasteiger partial charge in [0.1, 0.15) is 11.5 Å². The van der Waals surface area contributed by atoms with E-state index in [1.807, 2.05) is 19.2 Å². The third-order valence-corrected chi connectivity index (χ3v) is 3.89. The fraction of sp³-hybridized carbons (Fsp3) is 0.625. The van der Waals surface area contributed by atoms with Gasteiger partial charge in [-0.15, -0.1) is 0 Å². The van der Waals surface area contributed by atoms with Crippen molar-refractivity contribution in [2.24, 2.45) is 5.92 Å². The lowest BCUT2D eigenvalue weighted by Gasteiger charge is -2.27. The highest BCUT2D eigenvalue weighted by molar-refractivity contribution is 5.40. The van der Waals surface area contributed by atoms with Gasteiger partial charge in [0.25, 0.3) is 0 Å². The molecule has 0 saturated heterocycles. The van der Waals surface area contributed by atoms with E-state index in [1.165, 1.54) is 31.2 Å². The Morgan fingerprint density at radius 3 is 2.58 bits per heavy atom. The van der Waals surface area contributed by atoms with Crippen molar-refractivity contribution >= 4 is 0 Å². The molecule has 0 unspecified atom stereocenters. The van der Waals surface area contributed by atoms with Crippen molar-refractivity contribution in [2.45, 2.75) is 45.3 Å². The summed E-state index contributed by atoms with van der Waals surface area (Å²) in [5, 5.41) is 3.18. The van der Waals surface area contributed by atoms with Crippen LogP contribution in [0.2, 0.25) is 0 Å². The number of hydrogen-bond acceptors (Lipinski definition) is 3. The monoisotopic (exact) mass is 263 g/mol. The lowest BCUT2D eigenvalue weighted by molar-refractivity contribution is 0.134. The van der Waals surface area contributed by atoms with Crippen molar-refractivity contribution in [2.75, 3.05) is 14.2 Å². The van der Waals surface area contributed by atoms with Gasteiger partial charge in [0.2, 0.25) is 0 Å².